The van der Waals surface area contributed by atoms with Gasteiger partial charge in [-0.05, 0) is 54.1 Å². The molecular formula is C12H15IO3. The Balaban J connectivity index is 2.76. The van der Waals surface area contributed by atoms with Gasteiger partial charge in [-0.25, -0.2) is 0 Å². The van der Waals surface area contributed by atoms with Crippen LogP contribution in [0.15, 0.2) is 24.3 Å². The zero-order valence-corrected chi connectivity index (χ0v) is 11.5. The first-order valence-electron chi connectivity index (χ1n) is 5.10. The van der Waals surface area contributed by atoms with E-state index in [0.29, 0.717) is 6.61 Å². The summed E-state index contributed by atoms with van der Waals surface area (Å²) in [7, 11) is 0. The van der Waals surface area contributed by atoms with Gasteiger partial charge in [-0.1, -0.05) is 12.1 Å². The van der Waals surface area contributed by atoms with Crippen LogP contribution in [-0.4, -0.2) is 17.7 Å². The third-order valence-corrected chi connectivity index (χ3v) is 2.98. The first kappa shape index (κ1) is 13.4. The van der Waals surface area contributed by atoms with E-state index in [1.165, 1.54) is 0 Å². The van der Waals surface area contributed by atoms with Gasteiger partial charge in [0.25, 0.3) is 0 Å². The Morgan fingerprint density at radius 1 is 1.44 bits per heavy atom. The number of halogens is 1. The number of hydrogen-bond donors (Lipinski definition) is 1. The Kier molecular flexibility index (Phi) is 4.73. The minimum absolute atomic E-state index is 0.0264. The van der Waals surface area contributed by atoms with Crippen molar-refractivity contribution in [2.24, 2.45) is 0 Å². The first-order chi connectivity index (χ1) is 7.45. The Morgan fingerprint density at radius 2 is 2.00 bits per heavy atom. The van der Waals surface area contributed by atoms with Crippen LogP contribution in [0.5, 0.6) is 0 Å². The molecule has 1 rings (SSSR count). The lowest BCUT2D eigenvalue weighted by Crippen LogP contribution is -2.26. The molecule has 1 aromatic carbocycles. The first-order valence-corrected chi connectivity index (χ1v) is 6.17. The summed E-state index contributed by atoms with van der Waals surface area (Å²) >= 11 is 2.19. The highest BCUT2D eigenvalue weighted by Crippen LogP contribution is 2.25. The molecule has 0 aliphatic heterocycles. The maximum absolute atomic E-state index is 11.3. The van der Waals surface area contributed by atoms with Crippen molar-refractivity contribution in [3.63, 3.8) is 0 Å². The Bertz CT molecular complexity index is 357. The van der Waals surface area contributed by atoms with Gasteiger partial charge < -0.3 is 9.84 Å². The van der Waals surface area contributed by atoms with Crippen LogP contribution in [-0.2, 0) is 15.1 Å². The normalized spacial score (nSPS) is 14.2. The summed E-state index contributed by atoms with van der Waals surface area (Å²) in [5.41, 5.74) is -0.447. The fourth-order valence-electron chi connectivity index (χ4n) is 1.40. The summed E-state index contributed by atoms with van der Waals surface area (Å²) in [6.45, 7) is 3.70. The van der Waals surface area contributed by atoms with Gasteiger partial charge in [-0.3, -0.25) is 4.79 Å². The molecule has 16 heavy (non-hydrogen) atoms. The summed E-state index contributed by atoms with van der Waals surface area (Å²) in [6.07, 6.45) is -0.0264. The molecular weight excluding hydrogens is 319 g/mol. The molecule has 1 unspecified atom stereocenters. The number of rotatable bonds is 4. The summed E-state index contributed by atoms with van der Waals surface area (Å²) in [6, 6.07) is 7.44. The van der Waals surface area contributed by atoms with E-state index >= 15 is 0 Å². The highest BCUT2D eigenvalue weighted by atomic mass is 127. The molecule has 1 atom stereocenters. The minimum atomic E-state index is -1.17. The molecule has 88 valence electrons. The molecule has 1 aromatic rings. The molecule has 0 saturated heterocycles. The number of aliphatic hydroxyl groups is 1. The van der Waals surface area contributed by atoms with Crippen LogP contribution in [0.3, 0.4) is 0 Å². The van der Waals surface area contributed by atoms with E-state index in [9.17, 15) is 9.90 Å². The number of ether oxygens (including phenoxy) is 1. The van der Waals surface area contributed by atoms with Gasteiger partial charge in [-0.15, -0.1) is 0 Å². The van der Waals surface area contributed by atoms with Crippen molar-refractivity contribution in [3.8, 4) is 0 Å². The molecule has 3 nitrogen and oxygen atoms in total. The molecule has 0 fully saturated rings. The van der Waals surface area contributed by atoms with E-state index in [0.717, 1.165) is 9.13 Å². The molecule has 0 bridgehead atoms. The topological polar surface area (TPSA) is 46.5 Å². The third-order valence-electron chi connectivity index (χ3n) is 2.26. The Hall–Kier alpha value is -0.620. The number of esters is 1. The molecule has 0 spiro atoms. The van der Waals surface area contributed by atoms with Crippen molar-refractivity contribution in [1.82, 2.24) is 0 Å². The quantitative estimate of drug-likeness (QED) is 0.680. The van der Waals surface area contributed by atoms with Crippen molar-refractivity contribution in [3.05, 3.63) is 33.4 Å². The van der Waals surface area contributed by atoms with E-state index in [1.54, 1.807) is 13.8 Å². The molecule has 0 aromatic heterocycles. The predicted octanol–water partition coefficient (Wildman–Crippen LogP) is 2.45. The van der Waals surface area contributed by atoms with Crippen LogP contribution in [0.4, 0.5) is 0 Å². The van der Waals surface area contributed by atoms with E-state index in [4.69, 9.17) is 4.74 Å². The van der Waals surface area contributed by atoms with E-state index in [2.05, 4.69) is 22.6 Å². The molecule has 1 N–H and O–H groups in total. The SMILES string of the molecule is CCOC(=O)CC(C)(O)c1ccc(I)cc1. The molecule has 0 saturated carbocycles. The standard InChI is InChI=1S/C12H15IO3/c1-3-16-11(14)8-12(2,15)9-4-6-10(13)7-5-9/h4-7,15H,3,8H2,1-2H3. The van der Waals surface area contributed by atoms with Crippen LogP contribution in [0.2, 0.25) is 0 Å². The Morgan fingerprint density at radius 3 is 2.50 bits per heavy atom. The second-order valence-corrected chi connectivity index (χ2v) is 5.01. The van der Waals surface area contributed by atoms with Crippen molar-refractivity contribution < 1.29 is 14.6 Å². The van der Waals surface area contributed by atoms with Gasteiger partial charge in [0.15, 0.2) is 0 Å². The summed E-state index contributed by atoms with van der Waals surface area (Å²) < 4.78 is 5.91. The molecule has 0 radical (unpaired) electrons. The van der Waals surface area contributed by atoms with Crippen molar-refractivity contribution >= 4 is 28.6 Å². The van der Waals surface area contributed by atoms with Gasteiger partial charge in [0.2, 0.25) is 0 Å². The number of carbonyl (C=O) groups is 1. The van der Waals surface area contributed by atoms with Gasteiger partial charge in [0.1, 0.15) is 0 Å². The Labute approximate surface area is 109 Å². The maximum Gasteiger partial charge on any atom is 0.309 e. The summed E-state index contributed by atoms with van der Waals surface area (Å²) in [4.78, 5) is 11.3. The summed E-state index contributed by atoms with van der Waals surface area (Å²) in [5, 5.41) is 10.2. The highest BCUT2D eigenvalue weighted by Gasteiger charge is 2.27. The number of benzene rings is 1. The average molecular weight is 334 g/mol. The van der Waals surface area contributed by atoms with E-state index < -0.39 is 5.60 Å². The number of carbonyl (C=O) groups excluding carboxylic acids is 1. The molecule has 0 amide bonds. The lowest BCUT2D eigenvalue weighted by atomic mass is 9.93. The van der Waals surface area contributed by atoms with Crippen LogP contribution >= 0.6 is 22.6 Å². The van der Waals surface area contributed by atoms with Crippen LogP contribution < -0.4 is 0 Å². The van der Waals surface area contributed by atoms with Crippen molar-refractivity contribution in [1.29, 1.82) is 0 Å². The molecule has 0 aliphatic carbocycles. The predicted molar refractivity (Wildman–Crippen MR) is 70.0 cm³/mol. The molecule has 4 heteroatoms. The maximum atomic E-state index is 11.3. The number of hydrogen-bond acceptors (Lipinski definition) is 3. The lowest BCUT2D eigenvalue weighted by Gasteiger charge is -2.22. The van der Waals surface area contributed by atoms with Gasteiger partial charge in [0.05, 0.1) is 18.6 Å². The second kappa shape index (κ2) is 5.63. The van der Waals surface area contributed by atoms with Gasteiger partial charge in [-0.2, -0.15) is 0 Å². The largest absolute Gasteiger partial charge is 0.466 e. The van der Waals surface area contributed by atoms with Crippen LogP contribution in [0.1, 0.15) is 25.8 Å². The van der Waals surface area contributed by atoms with Crippen molar-refractivity contribution in [2.75, 3.05) is 6.61 Å². The fourth-order valence-corrected chi connectivity index (χ4v) is 1.76. The molecule has 0 heterocycles. The smallest absolute Gasteiger partial charge is 0.309 e. The van der Waals surface area contributed by atoms with Crippen LogP contribution in [0, 0.1) is 3.57 Å². The fraction of sp³-hybridized carbons (Fsp3) is 0.417. The van der Waals surface area contributed by atoms with Crippen LogP contribution in [0.25, 0.3) is 0 Å². The van der Waals surface area contributed by atoms with Gasteiger partial charge in [0, 0.05) is 3.57 Å². The highest BCUT2D eigenvalue weighted by molar-refractivity contribution is 14.1. The minimum Gasteiger partial charge on any atom is -0.466 e. The average Bonchev–Trinajstić information content (AvgIpc) is 2.17. The lowest BCUT2D eigenvalue weighted by molar-refractivity contribution is -0.148. The van der Waals surface area contributed by atoms with E-state index in [1.807, 2.05) is 24.3 Å². The van der Waals surface area contributed by atoms with Gasteiger partial charge >= 0.3 is 5.97 Å². The van der Waals surface area contributed by atoms with E-state index in [-0.39, 0.29) is 12.4 Å². The zero-order valence-electron chi connectivity index (χ0n) is 9.37. The summed E-state index contributed by atoms with van der Waals surface area (Å²) in [5.74, 6) is -0.383. The van der Waals surface area contributed by atoms with Crippen molar-refractivity contribution in [2.45, 2.75) is 25.9 Å². The molecule has 0 aliphatic rings. The third kappa shape index (κ3) is 3.75. The zero-order chi connectivity index (χ0) is 12.2. The second-order valence-electron chi connectivity index (χ2n) is 3.76. The monoisotopic (exact) mass is 334 g/mol.